The van der Waals surface area contributed by atoms with Gasteiger partial charge in [-0.25, -0.2) is 22.3 Å². The first-order valence-electron chi connectivity index (χ1n) is 12.4. The van der Waals surface area contributed by atoms with Crippen molar-refractivity contribution in [2.75, 3.05) is 17.2 Å². The smallest absolute Gasteiger partial charge is 0.322 e. The van der Waals surface area contributed by atoms with E-state index in [0.717, 1.165) is 0 Å². The van der Waals surface area contributed by atoms with Crippen LogP contribution in [0.1, 0.15) is 33.6 Å². The number of halogens is 2. The van der Waals surface area contributed by atoms with Crippen LogP contribution in [-0.2, 0) is 14.8 Å². The molecule has 3 aromatic rings. The van der Waals surface area contributed by atoms with Gasteiger partial charge in [0.05, 0.1) is 10.6 Å². The van der Waals surface area contributed by atoms with Gasteiger partial charge >= 0.3 is 6.03 Å². The predicted molar refractivity (Wildman–Crippen MR) is 151 cm³/mol. The minimum atomic E-state index is -3.88. The zero-order valence-corrected chi connectivity index (χ0v) is 23.4. The van der Waals surface area contributed by atoms with E-state index in [1.807, 2.05) is 0 Å². The van der Waals surface area contributed by atoms with Gasteiger partial charge < -0.3 is 15.5 Å². The van der Waals surface area contributed by atoms with Crippen LogP contribution in [0.4, 0.5) is 20.6 Å². The van der Waals surface area contributed by atoms with Crippen molar-refractivity contribution in [3.8, 4) is 11.1 Å². The maximum Gasteiger partial charge on any atom is 0.322 e. The molecule has 1 atom stereocenters. The summed E-state index contributed by atoms with van der Waals surface area (Å²) in [7, 11) is -3.88. The van der Waals surface area contributed by atoms with Crippen molar-refractivity contribution < 1.29 is 22.4 Å². The molecule has 0 saturated carbocycles. The highest BCUT2D eigenvalue weighted by molar-refractivity contribution is 7.89. The number of benzene rings is 3. The number of nitrogens with one attached hydrogen (secondary N) is 3. The summed E-state index contributed by atoms with van der Waals surface area (Å²) in [6, 6.07) is 15.8. The van der Waals surface area contributed by atoms with E-state index in [-0.39, 0.29) is 10.6 Å². The van der Waals surface area contributed by atoms with E-state index in [0.29, 0.717) is 41.2 Å². The van der Waals surface area contributed by atoms with Crippen molar-refractivity contribution in [2.45, 2.75) is 50.1 Å². The molecule has 8 nitrogen and oxygen atoms in total. The molecule has 1 saturated heterocycles. The third-order valence-corrected chi connectivity index (χ3v) is 8.13. The van der Waals surface area contributed by atoms with Crippen molar-refractivity contribution in [1.29, 1.82) is 0 Å². The number of urea groups is 1. The standard InChI is InChI=1S/C28H30ClFN4O4S/c1-28(2,3)33-39(37,38)25-9-5-4-7-21(25)18-10-15-23(22(30)17-18)32-26(35)24-8-6-16-34(24)27(36)31-20-13-11-19(29)12-14-20/h4-5,7,9-15,17,24,33H,6,8,16H2,1-3H3,(H,31,36)(H,32,35)/t24-/m1/s1. The van der Waals surface area contributed by atoms with E-state index in [1.165, 1.54) is 23.1 Å². The van der Waals surface area contributed by atoms with Gasteiger partial charge in [-0.2, -0.15) is 0 Å². The second-order valence-corrected chi connectivity index (χ2v) is 12.4. The Morgan fingerprint density at radius 3 is 2.36 bits per heavy atom. The number of nitrogens with zero attached hydrogens (tertiary/aromatic N) is 1. The number of rotatable bonds is 6. The SMILES string of the molecule is CC(C)(C)NS(=O)(=O)c1ccccc1-c1ccc(NC(=O)[C@H]2CCCN2C(=O)Nc2ccc(Cl)cc2)c(F)c1. The average Bonchev–Trinajstić information content (AvgIpc) is 3.36. The topological polar surface area (TPSA) is 108 Å². The van der Waals surface area contributed by atoms with E-state index >= 15 is 4.39 Å². The van der Waals surface area contributed by atoms with Crippen LogP contribution in [0.2, 0.25) is 5.02 Å². The summed E-state index contributed by atoms with van der Waals surface area (Å²) in [6.07, 6.45) is 1.06. The van der Waals surface area contributed by atoms with Gasteiger partial charge in [0.1, 0.15) is 11.9 Å². The van der Waals surface area contributed by atoms with Crippen molar-refractivity contribution >= 4 is 44.9 Å². The summed E-state index contributed by atoms with van der Waals surface area (Å²) in [6.45, 7) is 5.58. The molecule has 1 heterocycles. The fraction of sp³-hybridized carbons (Fsp3) is 0.286. The van der Waals surface area contributed by atoms with Gasteiger partial charge in [0, 0.05) is 28.4 Å². The summed E-state index contributed by atoms with van der Waals surface area (Å²) in [5.74, 6) is -1.24. The van der Waals surface area contributed by atoms with Gasteiger partial charge in [-0.15, -0.1) is 0 Å². The maximum atomic E-state index is 15.2. The van der Waals surface area contributed by atoms with Gasteiger partial charge in [0.25, 0.3) is 0 Å². The van der Waals surface area contributed by atoms with E-state index in [4.69, 9.17) is 11.6 Å². The molecule has 1 fully saturated rings. The lowest BCUT2D eigenvalue weighted by Crippen LogP contribution is -2.45. The minimum Gasteiger partial charge on any atom is -0.322 e. The quantitative estimate of drug-likeness (QED) is 0.344. The zero-order valence-electron chi connectivity index (χ0n) is 21.8. The summed E-state index contributed by atoms with van der Waals surface area (Å²) in [4.78, 5) is 27.3. The monoisotopic (exact) mass is 572 g/mol. The largest absolute Gasteiger partial charge is 0.322 e. The fourth-order valence-corrected chi connectivity index (χ4v) is 6.18. The first-order valence-corrected chi connectivity index (χ1v) is 14.3. The number of hydrogen-bond acceptors (Lipinski definition) is 4. The summed E-state index contributed by atoms with van der Waals surface area (Å²) in [5, 5.41) is 5.86. The Morgan fingerprint density at radius 1 is 1.00 bits per heavy atom. The van der Waals surface area contributed by atoms with E-state index in [1.54, 1.807) is 69.3 Å². The van der Waals surface area contributed by atoms with E-state index in [2.05, 4.69) is 15.4 Å². The Labute approximate surface area is 232 Å². The van der Waals surface area contributed by atoms with Crippen molar-refractivity contribution in [3.63, 3.8) is 0 Å². The highest BCUT2D eigenvalue weighted by Gasteiger charge is 2.34. The first-order chi connectivity index (χ1) is 18.3. The summed E-state index contributed by atoms with van der Waals surface area (Å²) in [5.41, 5.74) is 0.432. The van der Waals surface area contributed by atoms with Crippen molar-refractivity contribution in [3.05, 3.63) is 77.6 Å². The Bertz CT molecular complexity index is 1490. The normalized spacial score (nSPS) is 15.7. The number of likely N-dealkylation sites (tertiary alicyclic amines) is 1. The van der Waals surface area contributed by atoms with Gasteiger partial charge in [0.15, 0.2) is 0 Å². The molecule has 0 bridgehead atoms. The molecule has 3 amide bonds. The van der Waals surface area contributed by atoms with Crippen LogP contribution >= 0.6 is 11.6 Å². The second kappa shape index (κ2) is 11.3. The summed E-state index contributed by atoms with van der Waals surface area (Å²) >= 11 is 5.89. The Morgan fingerprint density at radius 2 is 1.69 bits per heavy atom. The number of carbonyl (C=O) groups is 2. The van der Waals surface area contributed by atoms with E-state index < -0.39 is 39.4 Å². The van der Waals surface area contributed by atoms with Gasteiger partial charge in [-0.05, 0) is 81.6 Å². The molecule has 1 aliphatic heterocycles. The Balaban J connectivity index is 1.50. The van der Waals surface area contributed by atoms with Gasteiger partial charge in [-0.1, -0.05) is 35.9 Å². The van der Waals surface area contributed by atoms with Crippen LogP contribution in [0, 0.1) is 5.82 Å². The average molecular weight is 573 g/mol. The molecular weight excluding hydrogens is 543 g/mol. The minimum absolute atomic E-state index is 0.0180. The number of hydrogen-bond donors (Lipinski definition) is 3. The molecule has 0 aliphatic carbocycles. The maximum absolute atomic E-state index is 15.2. The van der Waals surface area contributed by atoms with Crippen molar-refractivity contribution in [2.24, 2.45) is 0 Å². The molecule has 0 aromatic heterocycles. The molecule has 0 radical (unpaired) electrons. The molecule has 4 rings (SSSR count). The fourth-order valence-electron chi connectivity index (χ4n) is 4.41. The molecule has 3 aromatic carbocycles. The zero-order chi connectivity index (χ0) is 28.4. The molecule has 39 heavy (non-hydrogen) atoms. The molecule has 1 aliphatic rings. The van der Waals surface area contributed by atoms with Crippen LogP contribution in [0.15, 0.2) is 71.6 Å². The molecule has 0 spiro atoms. The van der Waals surface area contributed by atoms with Gasteiger partial charge in [0.2, 0.25) is 15.9 Å². The van der Waals surface area contributed by atoms with E-state index in [9.17, 15) is 18.0 Å². The van der Waals surface area contributed by atoms with Crippen LogP contribution < -0.4 is 15.4 Å². The third-order valence-electron chi connectivity index (χ3n) is 6.07. The number of anilines is 2. The molecule has 3 N–H and O–H groups in total. The van der Waals surface area contributed by atoms with Crippen LogP contribution in [-0.4, -0.2) is 43.4 Å². The molecule has 0 unspecified atom stereocenters. The molecule has 11 heteroatoms. The van der Waals surface area contributed by atoms with Crippen LogP contribution in [0.3, 0.4) is 0 Å². The molecule has 206 valence electrons. The Kier molecular flexibility index (Phi) is 8.29. The second-order valence-electron chi connectivity index (χ2n) is 10.3. The highest BCUT2D eigenvalue weighted by Crippen LogP contribution is 2.31. The van der Waals surface area contributed by atoms with Crippen LogP contribution in [0.25, 0.3) is 11.1 Å². The first kappa shape index (κ1) is 28.5. The Hall–Kier alpha value is -3.47. The highest BCUT2D eigenvalue weighted by atomic mass is 35.5. The lowest BCUT2D eigenvalue weighted by atomic mass is 10.0. The van der Waals surface area contributed by atoms with Crippen LogP contribution in [0.5, 0.6) is 0 Å². The number of amides is 3. The van der Waals surface area contributed by atoms with Gasteiger partial charge in [-0.3, -0.25) is 4.79 Å². The lowest BCUT2D eigenvalue weighted by molar-refractivity contribution is -0.119. The lowest BCUT2D eigenvalue weighted by Gasteiger charge is -2.24. The number of sulfonamides is 1. The predicted octanol–water partition coefficient (Wildman–Crippen LogP) is 5.86. The number of carbonyl (C=O) groups excluding carboxylic acids is 2. The van der Waals surface area contributed by atoms with Crippen molar-refractivity contribution in [1.82, 2.24) is 9.62 Å². The molecular formula is C28H30ClFN4O4S. The summed E-state index contributed by atoms with van der Waals surface area (Å²) < 4.78 is 43.8. The third kappa shape index (κ3) is 6.95.